The van der Waals surface area contributed by atoms with Gasteiger partial charge in [-0.15, -0.1) is 0 Å². The number of nitrogens with two attached hydrogens (primary N) is 1. The lowest BCUT2D eigenvalue weighted by molar-refractivity contribution is 0.0473. The molecule has 2 atom stereocenters. The van der Waals surface area contributed by atoms with Crippen LogP contribution in [0.2, 0.25) is 0 Å². The standard InChI is InChI=1S/C6H13NO.C2H6O/c1-2-5-3-4-6(7)8-5;1-2-3/h5-6H,2-4,7H2,1H3;3H,2H2,1H3. The Kier molecular flexibility index (Phi) is 6.51. The first-order valence-electron chi connectivity index (χ1n) is 4.26. The Labute approximate surface area is 68.5 Å². The van der Waals surface area contributed by atoms with E-state index in [0.29, 0.717) is 6.10 Å². The summed E-state index contributed by atoms with van der Waals surface area (Å²) in [6, 6.07) is 0. The molecular formula is C8H19NO2. The molecule has 1 heterocycles. The van der Waals surface area contributed by atoms with E-state index < -0.39 is 0 Å². The molecule has 0 saturated carbocycles. The van der Waals surface area contributed by atoms with Gasteiger partial charge in [0.1, 0.15) is 6.23 Å². The van der Waals surface area contributed by atoms with Crippen LogP contribution in [0.4, 0.5) is 0 Å². The number of rotatable bonds is 1. The van der Waals surface area contributed by atoms with E-state index in [-0.39, 0.29) is 12.8 Å². The molecule has 0 bridgehead atoms. The third-order valence-electron chi connectivity index (χ3n) is 1.60. The highest BCUT2D eigenvalue weighted by molar-refractivity contribution is 4.67. The minimum Gasteiger partial charge on any atom is -0.397 e. The van der Waals surface area contributed by atoms with Crippen molar-refractivity contribution in [1.82, 2.24) is 0 Å². The molecule has 0 spiro atoms. The second-order valence-electron chi connectivity index (χ2n) is 2.60. The SMILES string of the molecule is CCC1CCC(N)O1.CCO. The molecule has 0 aromatic carbocycles. The maximum Gasteiger partial charge on any atom is 0.106 e. The molecule has 68 valence electrons. The van der Waals surface area contributed by atoms with Gasteiger partial charge in [0.15, 0.2) is 0 Å². The molecular weight excluding hydrogens is 142 g/mol. The molecule has 1 aliphatic rings. The van der Waals surface area contributed by atoms with Crippen LogP contribution in [-0.4, -0.2) is 24.0 Å². The van der Waals surface area contributed by atoms with Crippen molar-refractivity contribution in [3.05, 3.63) is 0 Å². The fourth-order valence-electron chi connectivity index (χ4n) is 1.03. The summed E-state index contributed by atoms with van der Waals surface area (Å²) in [5, 5.41) is 7.57. The Morgan fingerprint density at radius 1 is 1.45 bits per heavy atom. The molecule has 3 heteroatoms. The van der Waals surface area contributed by atoms with Gasteiger partial charge in [-0.05, 0) is 26.2 Å². The van der Waals surface area contributed by atoms with Crippen LogP contribution in [-0.2, 0) is 4.74 Å². The second-order valence-corrected chi connectivity index (χ2v) is 2.60. The molecule has 0 aromatic rings. The van der Waals surface area contributed by atoms with E-state index in [9.17, 15) is 0 Å². The summed E-state index contributed by atoms with van der Waals surface area (Å²) in [6.45, 7) is 4.06. The fourth-order valence-corrected chi connectivity index (χ4v) is 1.03. The maximum absolute atomic E-state index is 7.57. The lowest BCUT2D eigenvalue weighted by Crippen LogP contribution is -2.19. The number of aliphatic hydroxyl groups excluding tert-OH is 1. The van der Waals surface area contributed by atoms with E-state index in [1.54, 1.807) is 6.92 Å². The van der Waals surface area contributed by atoms with Crippen molar-refractivity contribution in [2.45, 2.75) is 45.4 Å². The Morgan fingerprint density at radius 2 is 2.00 bits per heavy atom. The van der Waals surface area contributed by atoms with Gasteiger partial charge in [0.25, 0.3) is 0 Å². The van der Waals surface area contributed by atoms with Gasteiger partial charge in [-0.3, -0.25) is 0 Å². The zero-order valence-electron chi connectivity index (χ0n) is 7.42. The molecule has 0 aliphatic carbocycles. The lowest BCUT2D eigenvalue weighted by Gasteiger charge is -2.05. The summed E-state index contributed by atoms with van der Waals surface area (Å²) < 4.78 is 5.29. The van der Waals surface area contributed by atoms with Crippen molar-refractivity contribution in [3.63, 3.8) is 0 Å². The van der Waals surface area contributed by atoms with E-state index in [4.69, 9.17) is 15.6 Å². The van der Waals surface area contributed by atoms with Crippen LogP contribution in [0.25, 0.3) is 0 Å². The van der Waals surface area contributed by atoms with Crippen molar-refractivity contribution in [1.29, 1.82) is 0 Å². The van der Waals surface area contributed by atoms with Crippen LogP contribution in [0.15, 0.2) is 0 Å². The number of hydrogen-bond acceptors (Lipinski definition) is 3. The number of ether oxygens (including phenoxy) is 1. The van der Waals surface area contributed by atoms with Gasteiger partial charge in [-0.25, -0.2) is 0 Å². The Balaban J connectivity index is 0.000000292. The van der Waals surface area contributed by atoms with Crippen LogP contribution >= 0.6 is 0 Å². The summed E-state index contributed by atoms with van der Waals surface area (Å²) in [4.78, 5) is 0. The Morgan fingerprint density at radius 3 is 2.18 bits per heavy atom. The topological polar surface area (TPSA) is 55.5 Å². The van der Waals surface area contributed by atoms with Gasteiger partial charge in [0.2, 0.25) is 0 Å². The van der Waals surface area contributed by atoms with Crippen molar-refractivity contribution < 1.29 is 9.84 Å². The smallest absolute Gasteiger partial charge is 0.106 e. The Bertz CT molecular complexity index is 88.2. The first kappa shape index (κ1) is 10.9. The molecule has 2 unspecified atom stereocenters. The largest absolute Gasteiger partial charge is 0.397 e. The average Bonchev–Trinajstić information content (AvgIpc) is 2.37. The van der Waals surface area contributed by atoms with E-state index >= 15 is 0 Å². The quantitative estimate of drug-likeness (QED) is 0.599. The van der Waals surface area contributed by atoms with Crippen LogP contribution < -0.4 is 5.73 Å². The summed E-state index contributed by atoms with van der Waals surface area (Å²) in [5.41, 5.74) is 5.48. The number of aliphatic hydroxyl groups is 1. The van der Waals surface area contributed by atoms with Crippen molar-refractivity contribution in [2.24, 2.45) is 5.73 Å². The summed E-state index contributed by atoms with van der Waals surface area (Å²) in [5.74, 6) is 0. The molecule has 1 saturated heterocycles. The van der Waals surface area contributed by atoms with Gasteiger partial charge in [0.05, 0.1) is 6.10 Å². The van der Waals surface area contributed by atoms with Crippen molar-refractivity contribution >= 4 is 0 Å². The highest BCUT2D eigenvalue weighted by atomic mass is 16.5. The van der Waals surface area contributed by atoms with E-state index in [2.05, 4.69) is 6.92 Å². The summed E-state index contributed by atoms with van der Waals surface area (Å²) >= 11 is 0. The van der Waals surface area contributed by atoms with Crippen LogP contribution in [0.3, 0.4) is 0 Å². The molecule has 1 rings (SSSR count). The monoisotopic (exact) mass is 161 g/mol. The number of hydrogen-bond donors (Lipinski definition) is 2. The first-order chi connectivity index (χ1) is 5.24. The lowest BCUT2D eigenvalue weighted by atomic mass is 10.2. The highest BCUT2D eigenvalue weighted by Gasteiger charge is 2.19. The van der Waals surface area contributed by atoms with Crippen molar-refractivity contribution in [3.8, 4) is 0 Å². The molecule has 0 amide bonds. The molecule has 0 aromatic heterocycles. The molecule has 1 aliphatic heterocycles. The predicted molar refractivity (Wildman–Crippen MR) is 45.1 cm³/mol. The molecule has 0 radical (unpaired) electrons. The molecule has 3 nitrogen and oxygen atoms in total. The Hall–Kier alpha value is -0.120. The second kappa shape index (κ2) is 6.58. The van der Waals surface area contributed by atoms with E-state index in [1.807, 2.05) is 0 Å². The zero-order chi connectivity index (χ0) is 8.69. The summed E-state index contributed by atoms with van der Waals surface area (Å²) in [6.07, 6.45) is 3.77. The fraction of sp³-hybridized carbons (Fsp3) is 1.00. The van der Waals surface area contributed by atoms with Crippen LogP contribution in [0.1, 0.15) is 33.1 Å². The van der Waals surface area contributed by atoms with Gasteiger partial charge in [-0.2, -0.15) is 0 Å². The van der Waals surface area contributed by atoms with Gasteiger partial charge in [0, 0.05) is 6.61 Å². The zero-order valence-corrected chi connectivity index (χ0v) is 7.42. The summed E-state index contributed by atoms with van der Waals surface area (Å²) in [7, 11) is 0. The third kappa shape index (κ3) is 5.18. The van der Waals surface area contributed by atoms with E-state index in [1.165, 1.54) is 0 Å². The molecule has 11 heavy (non-hydrogen) atoms. The van der Waals surface area contributed by atoms with Gasteiger partial charge < -0.3 is 15.6 Å². The van der Waals surface area contributed by atoms with Crippen molar-refractivity contribution in [2.75, 3.05) is 6.61 Å². The third-order valence-corrected chi connectivity index (χ3v) is 1.60. The minimum atomic E-state index is 0.0277. The molecule has 3 N–H and O–H groups in total. The van der Waals surface area contributed by atoms with Gasteiger partial charge >= 0.3 is 0 Å². The van der Waals surface area contributed by atoms with Crippen LogP contribution in [0, 0.1) is 0 Å². The van der Waals surface area contributed by atoms with E-state index in [0.717, 1.165) is 19.3 Å². The highest BCUT2D eigenvalue weighted by Crippen LogP contribution is 2.17. The average molecular weight is 161 g/mol. The van der Waals surface area contributed by atoms with Gasteiger partial charge in [-0.1, -0.05) is 6.92 Å². The minimum absolute atomic E-state index is 0.0277. The predicted octanol–water partition coefficient (Wildman–Crippen LogP) is 0.859. The maximum atomic E-state index is 7.57. The molecule has 1 fully saturated rings. The van der Waals surface area contributed by atoms with Crippen LogP contribution in [0.5, 0.6) is 0 Å². The first-order valence-corrected chi connectivity index (χ1v) is 4.26. The normalized spacial score (nSPS) is 29.5.